The van der Waals surface area contributed by atoms with E-state index in [4.69, 9.17) is 14.2 Å². The number of rotatable bonds is 60. The lowest BCUT2D eigenvalue weighted by Gasteiger charge is -2.18. The van der Waals surface area contributed by atoms with Crippen molar-refractivity contribution in [2.45, 2.75) is 309 Å². The smallest absolute Gasteiger partial charge is 0.306 e. The van der Waals surface area contributed by atoms with Crippen molar-refractivity contribution in [3.63, 3.8) is 0 Å². The van der Waals surface area contributed by atoms with Crippen LogP contribution in [-0.2, 0) is 28.6 Å². The van der Waals surface area contributed by atoms with E-state index < -0.39 is 6.10 Å². The molecule has 81 heavy (non-hydrogen) atoms. The molecule has 0 aromatic carbocycles. The van der Waals surface area contributed by atoms with Crippen LogP contribution in [0.3, 0.4) is 0 Å². The molecule has 0 N–H and O–H groups in total. The average molecular weight is 1120 g/mol. The largest absolute Gasteiger partial charge is 0.462 e. The van der Waals surface area contributed by atoms with E-state index >= 15 is 0 Å². The average Bonchev–Trinajstić information content (AvgIpc) is 3.47. The summed E-state index contributed by atoms with van der Waals surface area (Å²) in [5.74, 6) is -0.942. The Hall–Kier alpha value is -4.45. The fourth-order valence-electron chi connectivity index (χ4n) is 9.14. The fraction of sp³-hybridized carbons (Fsp3) is 0.667. The molecule has 0 heterocycles. The second-order valence-electron chi connectivity index (χ2n) is 22.0. The Balaban J connectivity index is 4.38. The highest BCUT2D eigenvalue weighted by atomic mass is 16.6. The minimum atomic E-state index is -0.805. The number of hydrogen-bond donors (Lipinski definition) is 0. The SMILES string of the molecule is CC/C=C\C/C=C\C/C=C\C/C=C\C/C=C\CCCCCCCCCCCCCC(=O)OCC(COC(=O)CCCC/C=C\C/C=C\C/C=C\C/C=C\CC)OC(=O)CCCCCCCCCCC/C=C\C/C=C\CCCCCCC. The van der Waals surface area contributed by atoms with Crippen LogP contribution in [0.1, 0.15) is 303 Å². The third-order valence-corrected chi connectivity index (χ3v) is 14.1. The lowest BCUT2D eigenvalue weighted by molar-refractivity contribution is -0.167. The molecule has 1 unspecified atom stereocenters. The molecule has 1 atom stereocenters. The molecule has 0 bridgehead atoms. The molecule has 0 aliphatic rings. The van der Waals surface area contributed by atoms with Gasteiger partial charge in [0, 0.05) is 19.3 Å². The summed E-state index contributed by atoms with van der Waals surface area (Å²) in [7, 11) is 0. The lowest BCUT2D eigenvalue weighted by Crippen LogP contribution is -2.30. The number of allylic oxidation sites excluding steroid dienone is 22. The summed E-state index contributed by atoms with van der Waals surface area (Å²) in [6.45, 7) is 6.38. The monoisotopic (exact) mass is 1120 g/mol. The Bertz CT molecular complexity index is 1720. The highest BCUT2D eigenvalue weighted by molar-refractivity contribution is 5.71. The van der Waals surface area contributed by atoms with Gasteiger partial charge in [-0.3, -0.25) is 14.4 Å². The number of unbranched alkanes of at least 4 members (excludes halogenated alkanes) is 27. The molecular weight excluding hydrogens is 997 g/mol. The number of ether oxygens (including phenoxy) is 3. The molecule has 0 spiro atoms. The van der Waals surface area contributed by atoms with Crippen molar-refractivity contribution >= 4 is 17.9 Å². The van der Waals surface area contributed by atoms with E-state index in [0.717, 1.165) is 122 Å². The van der Waals surface area contributed by atoms with Crippen molar-refractivity contribution in [1.82, 2.24) is 0 Å². The molecule has 0 saturated heterocycles. The molecule has 0 aliphatic carbocycles. The zero-order chi connectivity index (χ0) is 58.5. The minimum Gasteiger partial charge on any atom is -0.462 e. The summed E-state index contributed by atoms with van der Waals surface area (Å²) >= 11 is 0. The van der Waals surface area contributed by atoms with E-state index in [1.165, 1.54) is 141 Å². The third-order valence-electron chi connectivity index (χ3n) is 14.1. The van der Waals surface area contributed by atoms with Crippen LogP contribution in [0, 0.1) is 0 Å². The van der Waals surface area contributed by atoms with E-state index in [1.807, 2.05) is 0 Å². The van der Waals surface area contributed by atoms with Crippen LogP contribution in [0.4, 0.5) is 0 Å². The van der Waals surface area contributed by atoms with E-state index in [-0.39, 0.29) is 31.1 Å². The maximum absolute atomic E-state index is 12.9. The Morgan fingerprint density at radius 3 is 0.778 bits per heavy atom. The zero-order valence-corrected chi connectivity index (χ0v) is 52.8. The van der Waals surface area contributed by atoms with E-state index in [0.29, 0.717) is 19.3 Å². The van der Waals surface area contributed by atoms with Crippen LogP contribution in [0.15, 0.2) is 134 Å². The molecule has 460 valence electrons. The van der Waals surface area contributed by atoms with Crippen LogP contribution in [0.2, 0.25) is 0 Å². The second kappa shape index (κ2) is 68.1. The van der Waals surface area contributed by atoms with E-state index in [9.17, 15) is 14.4 Å². The molecule has 0 aromatic rings. The van der Waals surface area contributed by atoms with Crippen molar-refractivity contribution in [3.8, 4) is 0 Å². The molecule has 0 aliphatic heterocycles. The summed E-state index contributed by atoms with van der Waals surface area (Å²) in [4.78, 5) is 38.4. The van der Waals surface area contributed by atoms with Crippen LogP contribution in [-0.4, -0.2) is 37.2 Å². The molecule has 6 nitrogen and oxygen atoms in total. The first kappa shape index (κ1) is 76.5. The first-order valence-electron chi connectivity index (χ1n) is 33.7. The van der Waals surface area contributed by atoms with Crippen molar-refractivity contribution in [2.24, 2.45) is 0 Å². The fourth-order valence-corrected chi connectivity index (χ4v) is 9.14. The molecule has 0 rings (SSSR count). The predicted molar refractivity (Wildman–Crippen MR) is 353 cm³/mol. The number of esters is 3. The van der Waals surface area contributed by atoms with Gasteiger partial charge in [0.05, 0.1) is 0 Å². The van der Waals surface area contributed by atoms with Crippen LogP contribution < -0.4 is 0 Å². The lowest BCUT2D eigenvalue weighted by atomic mass is 10.0. The normalized spacial score (nSPS) is 13.0. The molecule has 0 radical (unpaired) electrons. The second-order valence-corrected chi connectivity index (χ2v) is 22.0. The van der Waals surface area contributed by atoms with Gasteiger partial charge in [0.1, 0.15) is 13.2 Å². The number of carbonyl (C=O) groups excluding carboxylic acids is 3. The zero-order valence-electron chi connectivity index (χ0n) is 52.8. The van der Waals surface area contributed by atoms with Crippen molar-refractivity contribution in [3.05, 3.63) is 134 Å². The summed E-state index contributed by atoms with van der Waals surface area (Å²) in [6, 6.07) is 0. The van der Waals surface area contributed by atoms with E-state index in [2.05, 4.69) is 154 Å². The summed E-state index contributed by atoms with van der Waals surface area (Å²) in [5.41, 5.74) is 0. The molecule has 0 saturated carbocycles. The maximum Gasteiger partial charge on any atom is 0.306 e. The van der Waals surface area contributed by atoms with Gasteiger partial charge in [0.25, 0.3) is 0 Å². The Morgan fingerprint density at radius 1 is 0.259 bits per heavy atom. The van der Waals surface area contributed by atoms with Crippen molar-refractivity contribution in [1.29, 1.82) is 0 Å². The molecule has 6 heteroatoms. The topological polar surface area (TPSA) is 78.9 Å². The highest BCUT2D eigenvalue weighted by Crippen LogP contribution is 2.16. The number of carbonyl (C=O) groups is 3. The van der Waals surface area contributed by atoms with Gasteiger partial charge in [-0.2, -0.15) is 0 Å². The Morgan fingerprint density at radius 2 is 0.481 bits per heavy atom. The first-order valence-corrected chi connectivity index (χ1v) is 33.7. The van der Waals surface area contributed by atoms with Crippen LogP contribution in [0.25, 0.3) is 0 Å². The van der Waals surface area contributed by atoms with Gasteiger partial charge in [-0.25, -0.2) is 0 Å². The van der Waals surface area contributed by atoms with Gasteiger partial charge in [-0.1, -0.05) is 283 Å². The molecule has 0 amide bonds. The molecule has 0 aromatic heterocycles. The maximum atomic E-state index is 12.9. The quantitative estimate of drug-likeness (QED) is 0.0261. The predicted octanol–water partition coefficient (Wildman–Crippen LogP) is 23.3. The third kappa shape index (κ3) is 66.2. The van der Waals surface area contributed by atoms with E-state index in [1.54, 1.807) is 0 Å². The molecular formula is C75H124O6. The standard InChI is InChI=1S/C75H124O6/c1-4-7-10-13-16-19-22-25-28-30-32-34-35-36-37-38-39-41-42-44-47-50-53-56-59-62-65-68-74(77)80-71-72(70-79-73(76)67-64-61-58-55-52-49-46-27-24-21-18-15-12-9-6-3)81-75(78)69-66-63-60-57-54-51-48-45-43-40-33-31-29-26-23-20-17-14-11-8-5-2/h7,9-10,12,16,18-19,21,23,25-28,31-34,36-37,46,52,55,72H,4-6,8,11,13-15,17,20,22,24,29-30,35,38-45,47-51,53-54,56-71H2,1-3H3/b10-7-,12-9-,19-16-,21-18-,26-23-,28-25-,33-31-,34-32-,37-36-,46-27-,55-52-. The number of hydrogen-bond acceptors (Lipinski definition) is 6. The van der Waals surface area contributed by atoms with Gasteiger partial charge in [-0.05, 0) is 135 Å². The van der Waals surface area contributed by atoms with Gasteiger partial charge >= 0.3 is 17.9 Å². The van der Waals surface area contributed by atoms with Gasteiger partial charge in [0.15, 0.2) is 6.10 Å². The van der Waals surface area contributed by atoms with Gasteiger partial charge < -0.3 is 14.2 Å². The Labute approximate surface area is 500 Å². The minimum absolute atomic E-state index is 0.0972. The van der Waals surface area contributed by atoms with Crippen molar-refractivity contribution < 1.29 is 28.6 Å². The van der Waals surface area contributed by atoms with Gasteiger partial charge in [-0.15, -0.1) is 0 Å². The summed E-state index contributed by atoms with van der Waals surface area (Å²) < 4.78 is 16.9. The summed E-state index contributed by atoms with van der Waals surface area (Å²) in [5, 5.41) is 0. The first-order chi connectivity index (χ1) is 40.0. The Kier molecular flexibility index (Phi) is 64.3. The van der Waals surface area contributed by atoms with Crippen molar-refractivity contribution in [2.75, 3.05) is 13.2 Å². The van der Waals surface area contributed by atoms with Crippen LogP contribution >= 0.6 is 0 Å². The highest BCUT2D eigenvalue weighted by Gasteiger charge is 2.19. The van der Waals surface area contributed by atoms with Crippen LogP contribution in [0.5, 0.6) is 0 Å². The summed E-state index contributed by atoms with van der Waals surface area (Å²) in [6.07, 6.45) is 96.1. The van der Waals surface area contributed by atoms with Gasteiger partial charge in [0.2, 0.25) is 0 Å². The molecule has 0 fully saturated rings.